The molecule has 2 atom stereocenters. The first-order valence-electron chi connectivity index (χ1n) is 13.0. The van der Waals surface area contributed by atoms with Gasteiger partial charge in [0, 0.05) is 30.5 Å². The van der Waals surface area contributed by atoms with Crippen LogP contribution in [0, 0.1) is 28.6 Å². The second-order valence-corrected chi connectivity index (χ2v) is 10.8. The van der Waals surface area contributed by atoms with Crippen LogP contribution < -0.4 is 5.32 Å². The minimum absolute atomic E-state index is 0.0314. The first kappa shape index (κ1) is 24.4. The number of likely N-dealkylation sites (tertiary alicyclic amines) is 1. The molecule has 2 saturated carbocycles. The van der Waals surface area contributed by atoms with Gasteiger partial charge in [0.2, 0.25) is 5.91 Å². The minimum atomic E-state index is -0.791. The molecule has 0 radical (unpaired) electrons. The van der Waals surface area contributed by atoms with Gasteiger partial charge in [0.25, 0.3) is 5.91 Å². The number of benzene rings is 1. The van der Waals surface area contributed by atoms with E-state index in [0.29, 0.717) is 31.5 Å². The summed E-state index contributed by atoms with van der Waals surface area (Å²) in [6.07, 6.45) is 8.56. The first-order chi connectivity index (χ1) is 16.3. The van der Waals surface area contributed by atoms with E-state index < -0.39 is 11.5 Å². The predicted molar refractivity (Wildman–Crippen MR) is 130 cm³/mol. The van der Waals surface area contributed by atoms with Crippen LogP contribution in [0.4, 0.5) is 0 Å². The highest BCUT2D eigenvalue weighted by molar-refractivity contribution is 5.98. The number of hydrogen-bond donors (Lipinski definition) is 1. The number of rotatable bonds is 7. The number of carbonyl (C=O) groups is 3. The Morgan fingerprint density at radius 1 is 1.09 bits per heavy atom. The topological polar surface area (TPSA) is 90.3 Å². The molecule has 2 amide bonds. The third kappa shape index (κ3) is 5.19. The van der Waals surface area contributed by atoms with Gasteiger partial charge in [0.05, 0.1) is 12.1 Å². The Bertz CT molecular complexity index is 969. The smallest absolute Gasteiger partial charge is 0.251 e. The SMILES string of the molecule is CC(C)C(=O)[C@H](NC(=O)c1cccc(C2CCCN(C(=O)C3(C#N)CC3)C2)c1)C1CCCCC1. The fourth-order valence-corrected chi connectivity index (χ4v) is 5.64. The van der Waals surface area contributed by atoms with Gasteiger partial charge < -0.3 is 10.2 Å². The number of hydrogen-bond acceptors (Lipinski definition) is 4. The molecule has 34 heavy (non-hydrogen) atoms. The molecule has 0 bridgehead atoms. The largest absolute Gasteiger partial charge is 0.342 e. The lowest BCUT2D eigenvalue weighted by molar-refractivity contribution is -0.136. The van der Waals surface area contributed by atoms with Gasteiger partial charge in [0.1, 0.15) is 5.41 Å². The molecule has 182 valence electrons. The normalized spacial score (nSPS) is 23.1. The van der Waals surface area contributed by atoms with E-state index in [0.717, 1.165) is 44.1 Å². The number of nitrogens with one attached hydrogen (secondary N) is 1. The molecule has 1 heterocycles. The summed E-state index contributed by atoms with van der Waals surface area (Å²) in [6, 6.07) is 9.42. The fraction of sp³-hybridized carbons (Fsp3) is 0.643. The summed E-state index contributed by atoms with van der Waals surface area (Å²) in [5.74, 6) is 0.125. The maximum atomic E-state index is 13.2. The number of piperidine rings is 1. The number of nitriles is 1. The van der Waals surface area contributed by atoms with Crippen molar-refractivity contribution in [2.45, 2.75) is 83.6 Å². The molecule has 1 unspecified atom stereocenters. The van der Waals surface area contributed by atoms with E-state index in [1.54, 1.807) is 6.07 Å². The zero-order chi connectivity index (χ0) is 24.3. The summed E-state index contributed by atoms with van der Waals surface area (Å²) in [5, 5.41) is 12.5. The summed E-state index contributed by atoms with van der Waals surface area (Å²) in [6.45, 7) is 5.08. The van der Waals surface area contributed by atoms with Gasteiger partial charge in [-0.2, -0.15) is 5.26 Å². The van der Waals surface area contributed by atoms with Crippen LogP contribution in [-0.4, -0.2) is 41.6 Å². The Morgan fingerprint density at radius 3 is 2.47 bits per heavy atom. The number of Topliss-reactive ketones (excluding diaryl/α,β-unsaturated/α-hetero) is 1. The van der Waals surface area contributed by atoms with Crippen LogP contribution in [0.25, 0.3) is 0 Å². The lowest BCUT2D eigenvalue weighted by Crippen LogP contribution is -2.48. The van der Waals surface area contributed by atoms with Crippen LogP contribution in [0.3, 0.4) is 0 Å². The van der Waals surface area contributed by atoms with Crippen molar-refractivity contribution in [3.8, 4) is 6.07 Å². The van der Waals surface area contributed by atoms with E-state index in [4.69, 9.17) is 0 Å². The van der Waals surface area contributed by atoms with E-state index in [9.17, 15) is 19.6 Å². The third-order valence-electron chi connectivity index (χ3n) is 7.99. The minimum Gasteiger partial charge on any atom is -0.342 e. The van der Waals surface area contributed by atoms with E-state index in [1.807, 2.05) is 36.9 Å². The number of carbonyl (C=O) groups excluding carboxylic acids is 3. The molecule has 6 nitrogen and oxygen atoms in total. The van der Waals surface area contributed by atoms with Crippen molar-refractivity contribution >= 4 is 17.6 Å². The summed E-state index contributed by atoms with van der Waals surface area (Å²) in [4.78, 5) is 40.9. The van der Waals surface area contributed by atoms with Crippen LogP contribution in [0.1, 0.15) is 93.5 Å². The van der Waals surface area contributed by atoms with Crippen LogP contribution in [-0.2, 0) is 9.59 Å². The van der Waals surface area contributed by atoms with Gasteiger partial charge in [0.15, 0.2) is 5.78 Å². The Labute approximate surface area is 203 Å². The molecule has 4 rings (SSSR count). The van der Waals surface area contributed by atoms with E-state index in [1.165, 1.54) is 6.42 Å². The van der Waals surface area contributed by atoms with Crippen LogP contribution in [0.15, 0.2) is 24.3 Å². The van der Waals surface area contributed by atoms with E-state index in [-0.39, 0.29) is 35.4 Å². The average Bonchev–Trinajstić information content (AvgIpc) is 3.68. The van der Waals surface area contributed by atoms with Crippen LogP contribution in [0.5, 0.6) is 0 Å². The standard InChI is InChI=1S/C28H37N3O3/c1-19(2)25(32)24(20-8-4-3-5-9-20)30-26(33)22-11-6-10-21(16-22)23-12-7-15-31(17-23)27(34)28(18-29)13-14-28/h6,10-11,16,19-20,23-24H,3-5,7-9,12-15,17H2,1-2H3,(H,30,33)/t23?,24-/m1/s1. The lowest BCUT2D eigenvalue weighted by Gasteiger charge is -2.34. The zero-order valence-electron chi connectivity index (χ0n) is 20.5. The van der Waals surface area contributed by atoms with E-state index in [2.05, 4.69) is 11.4 Å². The molecule has 1 aromatic rings. The summed E-state index contributed by atoms with van der Waals surface area (Å²) < 4.78 is 0. The van der Waals surface area contributed by atoms with Crippen molar-refractivity contribution in [1.82, 2.24) is 10.2 Å². The molecule has 1 saturated heterocycles. The molecule has 3 fully saturated rings. The Balaban J connectivity index is 1.46. The third-order valence-corrected chi connectivity index (χ3v) is 7.99. The monoisotopic (exact) mass is 463 g/mol. The van der Waals surface area contributed by atoms with Gasteiger partial charge in [-0.1, -0.05) is 45.2 Å². The molecule has 3 aliphatic rings. The highest BCUT2D eigenvalue weighted by Gasteiger charge is 2.53. The summed E-state index contributed by atoms with van der Waals surface area (Å²) in [5.41, 5.74) is 0.811. The molecule has 1 aliphatic heterocycles. The lowest BCUT2D eigenvalue weighted by atomic mass is 9.80. The molecule has 2 aliphatic carbocycles. The zero-order valence-corrected chi connectivity index (χ0v) is 20.5. The molecule has 0 aromatic heterocycles. The summed E-state index contributed by atoms with van der Waals surface area (Å²) in [7, 11) is 0. The fourth-order valence-electron chi connectivity index (χ4n) is 5.64. The number of nitrogens with zero attached hydrogens (tertiary/aromatic N) is 2. The van der Waals surface area contributed by atoms with Crippen molar-refractivity contribution in [2.75, 3.05) is 13.1 Å². The van der Waals surface area contributed by atoms with Gasteiger partial charge >= 0.3 is 0 Å². The molecule has 1 N–H and O–H groups in total. The van der Waals surface area contributed by atoms with Gasteiger partial charge in [-0.05, 0) is 62.1 Å². The van der Waals surface area contributed by atoms with Crippen molar-refractivity contribution in [1.29, 1.82) is 5.26 Å². The highest BCUT2D eigenvalue weighted by Crippen LogP contribution is 2.47. The molecule has 1 aromatic carbocycles. The van der Waals surface area contributed by atoms with Crippen molar-refractivity contribution in [3.63, 3.8) is 0 Å². The second-order valence-electron chi connectivity index (χ2n) is 10.8. The quantitative estimate of drug-likeness (QED) is 0.640. The van der Waals surface area contributed by atoms with Crippen molar-refractivity contribution < 1.29 is 14.4 Å². The molecule has 6 heteroatoms. The predicted octanol–water partition coefficient (Wildman–Crippen LogP) is 4.60. The number of ketones is 1. The van der Waals surface area contributed by atoms with Crippen LogP contribution >= 0.6 is 0 Å². The first-order valence-corrected chi connectivity index (χ1v) is 13.0. The Hall–Kier alpha value is -2.68. The number of amides is 2. The maximum Gasteiger partial charge on any atom is 0.251 e. The van der Waals surface area contributed by atoms with Crippen molar-refractivity contribution in [2.24, 2.45) is 17.3 Å². The highest BCUT2D eigenvalue weighted by atomic mass is 16.2. The summed E-state index contributed by atoms with van der Waals surface area (Å²) >= 11 is 0. The van der Waals surface area contributed by atoms with Crippen LogP contribution in [0.2, 0.25) is 0 Å². The Kier molecular flexibility index (Phi) is 7.40. The Morgan fingerprint density at radius 2 is 1.82 bits per heavy atom. The second kappa shape index (κ2) is 10.3. The molecule has 0 spiro atoms. The van der Waals surface area contributed by atoms with Gasteiger partial charge in [-0.15, -0.1) is 0 Å². The molecular formula is C28H37N3O3. The average molecular weight is 464 g/mol. The van der Waals surface area contributed by atoms with E-state index >= 15 is 0 Å². The van der Waals surface area contributed by atoms with Crippen molar-refractivity contribution in [3.05, 3.63) is 35.4 Å². The maximum absolute atomic E-state index is 13.2. The molecular weight excluding hydrogens is 426 g/mol. The van der Waals surface area contributed by atoms with Gasteiger partial charge in [-0.25, -0.2) is 0 Å². The van der Waals surface area contributed by atoms with Gasteiger partial charge in [-0.3, -0.25) is 14.4 Å².